The van der Waals surface area contributed by atoms with Crippen LogP contribution in [-0.2, 0) is 16.4 Å². The van der Waals surface area contributed by atoms with Crippen LogP contribution in [0.2, 0.25) is 0 Å². The van der Waals surface area contributed by atoms with Gasteiger partial charge >= 0.3 is 0 Å². The first-order valence-electron chi connectivity index (χ1n) is 8.77. The molecular weight excluding hydrogens is 360 g/mol. The maximum Gasteiger partial charge on any atom is 0.259 e. The molecule has 9 heteroatoms. The largest absolute Gasteiger partial charge is 0.322 e. The second-order valence-electron chi connectivity index (χ2n) is 7.27. The van der Waals surface area contributed by atoms with Crippen LogP contribution in [0.15, 0.2) is 16.2 Å². The molecule has 0 radical (unpaired) electrons. The normalized spacial score (nSPS) is 29.2. The molecule has 0 aliphatic carbocycles. The molecule has 2 aromatic rings. The van der Waals surface area contributed by atoms with E-state index in [9.17, 15) is 13.2 Å². The van der Waals surface area contributed by atoms with Gasteiger partial charge in [0.25, 0.3) is 5.56 Å². The molecule has 4 heterocycles. The molecule has 0 saturated carbocycles. The van der Waals surface area contributed by atoms with Gasteiger partial charge in [-0.3, -0.25) is 9.20 Å². The number of fused-ring (bicyclic) bond motifs is 1. The fourth-order valence-corrected chi connectivity index (χ4v) is 6.79. The Morgan fingerprint density at radius 1 is 1.32 bits per heavy atom. The number of nitrogens with one attached hydrogen (secondary N) is 2. The fourth-order valence-electron chi connectivity index (χ4n) is 4.07. The zero-order chi connectivity index (χ0) is 17.6. The highest BCUT2D eigenvalue weighted by Crippen LogP contribution is 2.11. The second kappa shape index (κ2) is 6.46. The molecule has 1 atom stereocenters. The van der Waals surface area contributed by atoms with Gasteiger partial charge < -0.3 is 9.80 Å². The van der Waals surface area contributed by atoms with Gasteiger partial charge in [0.15, 0.2) is 14.8 Å². The number of aromatic nitrogens is 2. The van der Waals surface area contributed by atoms with Crippen molar-refractivity contribution in [3.05, 3.63) is 33.2 Å². The highest BCUT2D eigenvalue weighted by molar-refractivity contribution is 7.91. The van der Waals surface area contributed by atoms with Gasteiger partial charge in [0.2, 0.25) is 0 Å². The topological polar surface area (TPSA) is 77.4 Å². The summed E-state index contributed by atoms with van der Waals surface area (Å²) in [6.45, 7) is 6.66. The average Bonchev–Trinajstić information content (AvgIpc) is 3.11. The molecule has 136 valence electrons. The van der Waals surface area contributed by atoms with Crippen LogP contribution in [0.25, 0.3) is 4.96 Å². The van der Waals surface area contributed by atoms with Crippen molar-refractivity contribution in [1.82, 2.24) is 9.38 Å². The Balaban J connectivity index is 1.40. The van der Waals surface area contributed by atoms with Crippen molar-refractivity contribution in [3.8, 4) is 0 Å². The molecule has 2 saturated heterocycles. The summed E-state index contributed by atoms with van der Waals surface area (Å²) in [6, 6.07) is 1.93. The molecule has 0 bridgehead atoms. The summed E-state index contributed by atoms with van der Waals surface area (Å²) in [5.74, 6) is 0.705. The first-order chi connectivity index (χ1) is 11.9. The van der Waals surface area contributed by atoms with Gasteiger partial charge in [0.05, 0.1) is 5.75 Å². The van der Waals surface area contributed by atoms with E-state index in [4.69, 9.17) is 0 Å². The van der Waals surface area contributed by atoms with E-state index in [1.807, 2.05) is 12.3 Å². The second-order valence-corrected chi connectivity index (χ2v) is 10.3. The molecule has 0 unspecified atom stereocenters. The lowest BCUT2D eigenvalue weighted by Crippen LogP contribution is -3.29. The third kappa shape index (κ3) is 3.51. The molecule has 2 aliphatic heterocycles. The Hall–Kier alpha value is -1.29. The van der Waals surface area contributed by atoms with Crippen LogP contribution in [0.5, 0.6) is 0 Å². The van der Waals surface area contributed by atoms with Crippen molar-refractivity contribution >= 4 is 26.1 Å². The molecular formula is C16H24N4O3S2+2. The fraction of sp³-hybridized carbons (Fsp3) is 0.625. The quantitative estimate of drug-likeness (QED) is 0.615. The van der Waals surface area contributed by atoms with Crippen molar-refractivity contribution in [2.24, 2.45) is 0 Å². The maximum atomic E-state index is 12.3. The zero-order valence-electron chi connectivity index (χ0n) is 14.3. The van der Waals surface area contributed by atoms with Crippen molar-refractivity contribution in [3.63, 3.8) is 0 Å². The molecule has 25 heavy (non-hydrogen) atoms. The van der Waals surface area contributed by atoms with Crippen LogP contribution in [0, 0.1) is 6.92 Å². The predicted octanol–water partition coefficient (Wildman–Crippen LogP) is -2.47. The number of aryl methyl sites for hydroxylation is 1. The number of hydrogen-bond acceptors (Lipinski definition) is 5. The number of rotatable bonds is 3. The Kier molecular flexibility index (Phi) is 4.43. The van der Waals surface area contributed by atoms with Crippen molar-refractivity contribution in [2.45, 2.75) is 25.9 Å². The standard InChI is InChI=1S/C16H22N4O3S2/c1-12-10-24-16-17-13(8-15(21)20(12)16)9-18-3-5-19(6-4-18)14-2-7-25(22,23)11-14/h8,10,14H,2-7,9,11H2,1H3/p+2/t14-/m1/s1. The van der Waals surface area contributed by atoms with Gasteiger partial charge in [-0.1, -0.05) is 0 Å². The summed E-state index contributed by atoms with van der Waals surface area (Å²) in [7, 11) is -2.80. The van der Waals surface area contributed by atoms with Crippen LogP contribution in [0.4, 0.5) is 0 Å². The van der Waals surface area contributed by atoms with E-state index in [0.717, 1.165) is 55.5 Å². The molecule has 2 N–H and O–H groups in total. The Bertz CT molecular complexity index is 942. The Morgan fingerprint density at radius 3 is 2.76 bits per heavy atom. The number of sulfone groups is 1. The van der Waals surface area contributed by atoms with E-state index in [-0.39, 0.29) is 11.6 Å². The molecule has 0 spiro atoms. The monoisotopic (exact) mass is 384 g/mol. The summed E-state index contributed by atoms with van der Waals surface area (Å²) in [5.41, 5.74) is 1.78. The van der Waals surface area contributed by atoms with Crippen molar-refractivity contribution in [2.75, 3.05) is 37.7 Å². The molecule has 2 fully saturated rings. The lowest BCUT2D eigenvalue weighted by Gasteiger charge is -2.32. The van der Waals surface area contributed by atoms with E-state index < -0.39 is 9.84 Å². The van der Waals surface area contributed by atoms with Crippen LogP contribution in [-0.4, -0.2) is 61.5 Å². The highest BCUT2D eigenvalue weighted by atomic mass is 32.2. The van der Waals surface area contributed by atoms with Crippen LogP contribution >= 0.6 is 11.3 Å². The van der Waals surface area contributed by atoms with E-state index in [0.29, 0.717) is 11.5 Å². The summed E-state index contributed by atoms with van der Waals surface area (Å²) in [5, 5.41) is 1.96. The third-order valence-corrected chi connectivity index (χ3v) is 8.18. The molecule has 2 aliphatic rings. The molecule has 0 aromatic carbocycles. The van der Waals surface area contributed by atoms with Gasteiger partial charge in [-0.05, 0) is 6.92 Å². The number of thiazole rings is 1. The lowest BCUT2D eigenvalue weighted by atomic mass is 10.2. The number of hydrogen-bond donors (Lipinski definition) is 2. The van der Waals surface area contributed by atoms with Gasteiger partial charge in [0.1, 0.15) is 50.2 Å². The average molecular weight is 385 g/mol. The minimum Gasteiger partial charge on any atom is -0.322 e. The first kappa shape index (κ1) is 17.1. The highest BCUT2D eigenvalue weighted by Gasteiger charge is 2.37. The molecule has 0 amide bonds. The Labute approximate surface area is 150 Å². The molecule has 4 rings (SSSR count). The molecule has 2 aromatic heterocycles. The minimum atomic E-state index is -2.80. The number of quaternary nitrogens is 2. The van der Waals surface area contributed by atoms with Crippen molar-refractivity contribution < 1.29 is 18.2 Å². The summed E-state index contributed by atoms with van der Waals surface area (Å²) >= 11 is 1.50. The summed E-state index contributed by atoms with van der Waals surface area (Å²) < 4.78 is 25.0. The third-order valence-electron chi connectivity index (χ3n) is 5.47. The minimum absolute atomic E-state index is 0.00132. The van der Waals surface area contributed by atoms with Gasteiger partial charge in [-0.25, -0.2) is 13.4 Å². The smallest absolute Gasteiger partial charge is 0.259 e. The Morgan fingerprint density at radius 2 is 2.08 bits per heavy atom. The predicted molar refractivity (Wildman–Crippen MR) is 96.2 cm³/mol. The number of piperazine rings is 1. The van der Waals surface area contributed by atoms with E-state index >= 15 is 0 Å². The zero-order valence-corrected chi connectivity index (χ0v) is 16.0. The first-order valence-corrected chi connectivity index (χ1v) is 11.5. The van der Waals surface area contributed by atoms with E-state index in [1.54, 1.807) is 10.5 Å². The lowest BCUT2D eigenvalue weighted by molar-refractivity contribution is -1.03. The van der Waals surface area contributed by atoms with Gasteiger partial charge in [-0.2, -0.15) is 0 Å². The summed E-state index contributed by atoms with van der Waals surface area (Å²) in [4.78, 5) is 20.5. The van der Waals surface area contributed by atoms with Gasteiger partial charge in [-0.15, -0.1) is 11.3 Å². The van der Waals surface area contributed by atoms with Crippen LogP contribution in [0.3, 0.4) is 0 Å². The van der Waals surface area contributed by atoms with Crippen LogP contribution < -0.4 is 15.4 Å². The maximum absolute atomic E-state index is 12.3. The summed E-state index contributed by atoms with van der Waals surface area (Å²) in [6.07, 6.45) is 0.805. The van der Waals surface area contributed by atoms with Gasteiger partial charge in [0, 0.05) is 23.6 Å². The van der Waals surface area contributed by atoms with E-state index in [2.05, 4.69) is 4.98 Å². The SMILES string of the molecule is Cc1csc2nc(C[NH+]3CC[NH+]([C@@H]4CCS(=O)(=O)C4)CC3)cc(=O)n12. The molecule has 7 nitrogen and oxygen atoms in total. The van der Waals surface area contributed by atoms with Crippen molar-refractivity contribution in [1.29, 1.82) is 0 Å². The number of nitrogens with zero attached hydrogens (tertiary/aromatic N) is 2. The van der Waals surface area contributed by atoms with E-state index in [1.165, 1.54) is 21.1 Å². The van der Waals surface area contributed by atoms with Crippen LogP contribution in [0.1, 0.15) is 17.8 Å².